The molecule has 1 aromatic rings. The number of ether oxygens (including phenoxy) is 1. The van der Waals surface area contributed by atoms with Crippen molar-refractivity contribution >= 4 is 11.9 Å². The Morgan fingerprint density at radius 1 is 0.975 bits per heavy atom. The first kappa shape index (κ1) is 29.6. The second kappa shape index (κ2) is 11.8. The van der Waals surface area contributed by atoms with E-state index in [0.29, 0.717) is 42.4 Å². The molecule has 4 saturated carbocycles. The van der Waals surface area contributed by atoms with E-state index in [9.17, 15) is 19.8 Å². The summed E-state index contributed by atoms with van der Waals surface area (Å²) in [5, 5.41) is 24.6. The minimum atomic E-state index is -0.678. The number of aliphatic hydroxyl groups excluding tert-OH is 2. The molecule has 40 heavy (non-hydrogen) atoms. The molecule has 0 aliphatic heterocycles. The molecule has 222 valence electrons. The fourth-order valence-corrected chi connectivity index (χ4v) is 10.3. The number of esters is 1. The smallest absolute Gasteiger partial charge is 0.328 e. The van der Waals surface area contributed by atoms with Gasteiger partial charge in [0.1, 0.15) is 6.04 Å². The third kappa shape index (κ3) is 5.47. The van der Waals surface area contributed by atoms with E-state index in [1.165, 1.54) is 32.8 Å². The number of carbonyl (C=O) groups is 2. The van der Waals surface area contributed by atoms with Crippen molar-refractivity contribution in [2.24, 2.45) is 46.3 Å². The molecule has 0 bridgehead atoms. The normalized spacial score (nSPS) is 40.2. The molecule has 4 aliphatic rings. The number of nitrogens with one attached hydrogen (secondary N) is 1. The lowest BCUT2D eigenvalue weighted by atomic mass is 9.44. The van der Waals surface area contributed by atoms with Crippen molar-refractivity contribution in [3.63, 3.8) is 0 Å². The topological polar surface area (TPSA) is 95.9 Å². The molecule has 0 spiro atoms. The van der Waals surface area contributed by atoms with E-state index in [1.807, 2.05) is 30.3 Å². The molecule has 4 fully saturated rings. The monoisotopic (exact) mass is 553 g/mol. The molecular formula is C34H51NO5. The van der Waals surface area contributed by atoms with Crippen molar-refractivity contribution in [2.75, 3.05) is 7.11 Å². The van der Waals surface area contributed by atoms with E-state index in [2.05, 4.69) is 26.1 Å². The van der Waals surface area contributed by atoms with Crippen LogP contribution in [0.25, 0.3) is 0 Å². The molecule has 1 amide bonds. The van der Waals surface area contributed by atoms with Crippen LogP contribution < -0.4 is 5.32 Å². The Morgan fingerprint density at radius 3 is 2.40 bits per heavy atom. The molecule has 6 nitrogen and oxygen atoms in total. The predicted octanol–water partition coefficient (Wildman–Crippen LogP) is 5.29. The second-order valence-corrected chi connectivity index (χ2v) is 14.3. The number of methoxy groups -OCH3 is 1. The van der Waals surface area contributed by atoms with Gasteiger partial charge in [-0.05, 0) is 110 Å². The summed E-state index contributed by atoms with van der Waals surface area (Å²) in [6.07, 6.45) is 9.49. The molecule has 8 unspecified atom stereocenters. The summed E-state index contributed by atoms with van der Waals surface area (Å²) < 4.78 is 4.98. The number of hydrogen-bond acceptors (Lipinski definition) is 5. The van der Waals surface area contributed by atoms with E-state index in [4.69, 9.17) is 4.74 Å². The van der Waals surface area contributed by atoms with Crippen molar-refractivity contribution in [3.05, 3.63) is 35.9 Å². The Hall–Kier alpha value is -1.92. The van der Waals surface area contributed by atoms with Crippen LogP contribution in [-0.4, -0.2) is 47.4 Å². The van der Waals surface area contributed by atoms with Gasteiger partial charge >= 0.3 is 5.97 Å². The van der Waals surface area contributed by atoms with Crippen LogP contribution in [-0.2, 0) is 20.7 Å². The lowest BCUT2D eigenvalue weighted by Gasteiger charge is -2.62. The summed E-state index contributed by atoms with van der Waals surface area (Å²) in [7, 11) is 1.37. The van der Waals surface area contributed by atoms with Gasteiger partial charge in [-0.1, -0.05) is 51.1 Å². The molecule has 3 N–H and O–H groups in total. The summed E-state index contributed by atoms with van der Waals surface area (Å²) >= 11 is 0. The maximum absolute atomic E-state index is 13.0. The molecule has 1 aromatic carbocycles. The highest BCUT2D eigenvalue weighted by Crippen LogP contribution is 2.68. The standard InChI is InChI=1S/C34H51NO5/c1-21(10-13-31(38)35-29(32(39)40-4)18-22-8-6-5-7-9-22)25-11-12-26-24-20-30(37)28-19-23(36)14-16-34(28,3)27(24)15-17-33(25,26)2/h5-9,21,23-30,36-37H,10-20H2,1-4H3,(H,35,38)/t21?,23-,24?,25?,26?,27?,28+,29?,30+,33?,34?/m1/s1. The van der Waals surface area contributed by atoms with Gasteiger partial charge in [0.15, 0.2) is 0 Å². The van der Waals surface area contributed by atoms with E-state index >= 15 is 0 Å². The first-order valence-corrected chi connectivity index (χ1v) is 15.8. The Morgan fingerprint density at radius 2 is 1.68 bits per heavy atom. The summed E-state index contributed by atoms with van der Waals surface area (Å²) in [5.74, 6) is 2.55. The van der Waals surface area contributed by atoms with Gasteiger partial charge in [0.25, 0.3) is 0 Å². The molecule has 5 rings (SSSR count). The summed E-state index contributed by atoms with van der Waals surface area (Å²) in [4.78, 5) is 25.4. The van der Waals surface area contributed by atoms with Crippen LogP contribution in [0.2, 0.25) is 0 Å². The number of amides is 1. The molecule has 0 aromatic heterocycles. The van der Waals surface area contributed by atoms with Gasteiger partial charge in [-0.3, -0.25) is 4.79 Å². The average molecular weight is 554 g/mol. The Kier molecular flexibility index (Phi) is 8.69. The fraction of sp³-hybridized carbons (Fsp3) is 0.765. The van der Waals surface area contributed by atoms with Gasteiger partial charge < -0.3 is 20.3 Å². The Labute approximate surface area is 240 Å². The van der Waals surface area contributed by atoms with Gasteiger partial charge in [-0.15, -0.1) is 0 Å². The van der Waals surface area contributed by atoms with Crippen molar-refractivity contribution in [3.8, 4) is 0 Å². The first-order valence-electron chi connectivity index (χ1n) is 15.8. The molecule has 0 heterocycles. The highest BCUT2D eigenvalue weighted by molar-refractivity contribution is 5.84. The minimum absolute atomic E-state index is 0.0876. The SMILES string of the molecule is COC(=O)C(Cc1ccccc1)NC(=O)CCC(C)C1CCC2C3C[C@H](O)[C@@H]4C[C@H](O)CCC4(C)C3CCC12C. The maximum atomic E-state index is 13.0. The highest BCUT2D eigenvalue weighted by atomic mass is 16.5. The fourth-order valence-electron chi connectivity index (χ4n) is 10.3. The molecule has 0 saturated heterocycles. The zero-order valence-electron chi connectivity index (χ0n) is 25.0. The quantitative estimate of drug-likeness (QED) is 0.380. The van der Waals surface area contributed by atoms with Crippen LogP contribution in [0, 0.1) is 46.3 Å². The number of carbonyl (C=O) groups excluding carboxylic acids is 2. The number of hydrogen-bond donors (Lipinski definition) is 3. The van der Waals surface area contributed by atoms with E-state index in [-0.39, 0.29) is 34.9 Å². The van der Waals surface area contributed by atoms with Gasteiger partial charge in [-0.25, -0.2) is 4.79 Å². The lowest BCUT2D eigenvalue weighted by molar-refractivity contribution is -0.172. The summed E-state index contributed by atoms with van der Waals surface area (Å²) in [6, 6.07) is 9.04. The molecule has 11 atom stereocenters. The summed E-state index contributed by atoms with van der Waals surface area (Å²) in [6.45, 7) is 7.23. The first-order chi connectivity index (χ1) is 19.1. The van der Waals surface area contributed by atoms with Crippen LogP contribution in [0.3, 0.4) is 0 Å². The third-order valence-electron chi connectivity index (χ3n) is 12.3. The van der Waals surface area contributed by atoms with Gasteiger partial charge in [-0.2, -0.15) is 0 Å². The second-order valence-electron chi connectivity index (χ2n) is 14.3. The van der Waals surface area contributed by atoms with Crippen molar-refractivity contribution < 1.29 is 24.5 Å². The zero-order valence-corrected chi connectivity index (χ0v) is 25.0. The highest BCUT2D eigenvalue weighted by Gasteiger charge is 2.62. The van der Waals surface area contributed by atoms with Crippen molar-refractivity contribution in [2.45, 2.75) is 110 Å². The zero-order chi connectivity index (χ0) is 28.7. The largest absolute Gasteiger partial charge is 0.467 e. The van der Waals surface area contributed by atoms with Crippen molar-refractivity contribution in [1.82, 2.24) is 5.32 Å². The number of benzene rings is 1. The molecular weight excluding hydrogens is 502 g/mol. The number of rotatable bonds is 8. The van der Waals surface area contributed by atoms with Crippen LogP contribution in [0.15, 0.2) is 30.3 Å². The molecule has 4 aliphatic carbocycles. The van der Waals surface area contributed by atoms with Gasteiger partial charge in [0, 0.05) is 12.8 Å². The van der Waals surface area contributed by atoms with Gasteiger partial charge in [0.05, 0.1) is 19.3 Å². The van der Waals surface area contributed by atoms with Crippen LogP contribution >= 0.6 is 0 Å². The number of fused-ring (bicyclic) bond motifs is 5. The van der Waals surface area contributed by atoms with Crippen LogP contribution in [0.1, 0.15) is 90.5 Å². The van der Waals surface area contributed by atoms with E-state index in [1.54, 1.807) is 0 Å². The van der Waals surface area contributed by atoms with E-state index in [0.717, 1.165) is 37.7 Å². The van der Waals surface area contributed by atoms with Crippen LogP contribution in [0.4, 0.5) is 0 Å². The van der Waals surface area contributed by atoms with E-state index < -0.39 is 12.0 Å². The number of aliphatic hydroxyl groups is 2. The average Bonchev–Trinajstić information content (AvgIpc) is 3.30. The third-order valence-corrected chi connectivity index (χ3v) is 12.3. The molecule has 0 radical (unpaired) electrons. The van der Waals surface area contributed by atoms with Crippen molar-refractivity contribution in [1.29, 1.82) is 0 Å². The molecule has 6 heteroatoms. The Balaban J connectivity index is 1.20. The maximum Gasteiger partial charge on any atom is 0.328 e. The predicted molar refractivity (Wildman–Crippen MR) is 155 cm³/mol. The minimum Gasteiger partial charge on any atom is -0.467 e. The van der Waals surface area contributed by atoms with Crippen LogP contribution in [0.5, 0.6) is 0 Å². The van der Waals surface area contributed by atoms with Gasteiger partial charge in [0.2, 0.25) is 5.91 Å². The summed E-state index contributed by atoms with van der Waals surface area (Å²) in [5.41, 5.74) is 1.38. The lowest BCUT2D eigenvalue weighted by Crippen LogP contribution is -2.58. The Bertz CT molecular complexity index is 1050.